The largest absolute Gasteiger partial charge is 0.320 e. The lowest BCUT2D eigenvalue weighted by molar-refractivity contribution is 0.419. The van der Waals surface area contributed by atoms with Crippen molar-refractivity contribution in [3.05, 3.63) is 69.2 Å². The molecule has 2 N–H and O–H groups in total. The second kappa shape index (κ2) is 5.77. The highest BCUT2D eigenvalue weighted by molar-refractivity contribution is 6.35. The van der Waals surface area contributed by atoms with Crippen molar-refractivity contribution >= 4 is 23.2 Å². The van der Waals surface area contributed by atoms with Gasteiger partial charge in [0.15, 0.2) is 0 Å². The maximum atomic E-state index is 6.31. The van der Waals surface area contributed by atoms with Gasteiger partial charge in [-0.15, -0.1) is 0 Å². The molecule has 0 bridgehead atoms. The van der Waals surface area contributed by atoms with Crippen LogP contribution in [0.25, 0.3) is 0 Å². The van der Waals surface area contributed by atoms with Crippen LogP contribution < -0.4 is 5.73 Å². The molecule has 1 atom stereocenters. The van der Waals surface area contributed by atoms with E-state index < -0.39 is 0 Å². The summed E-state index contributed by atoms with van der Waals surface area (Å²) in [5.74, 6) is 0.749. The van der Waals surface area contributed by atoms with Crippen LogP contribution in [0, 0.1) is 0 Å². The van der Waals surface area contributed by atoms with Crippen LogP contribution >= 0.6 is 23.2 Å². The molecule has 3 heteroatoms. The monoisotopic (exact) mass is 305 g/mol. The Bertz CT molecular complexity index is 603. The zero-order valence-electron chi connectivity index (χ0n) is 11.2. The van der Waals surface area contributed by atoms with Crippen molar-refractivity contribution in [1.29, 1.82) is 0 Å². The molecule has 0 saturated heterocycles. The number of nitrogens with two attached hydrogens (primary N) is 1. The van der Waals surface area contributed by atoms with Crippen molar-refractivity contribution in [3.63, 3.8) is 0 Å². The molecule has 1 fully saturated rings. The quantitative estimate of drug-likeness (QED) is 0.817. The molecule has 0 aromatic heterocycles. The van der Waals surface area contributed by atoms with E-state index in [2.05, 4.69) is 24.3 Å². The Morgan fingerprint density at radius 1 is 1.00 bits per heavy atom. The highest BCUT2D eigenvalue weighted by Gasteiger charge is 2.20. The normalized spacial score (nSPS) is 16.8. The Labute approximate surface area is 129 Å². The molecule has 1 aliphatic carbocycles. The number of hydrogen-bond acceptors (Lipinski definition) is 1. The van der Waals surface area contributed by atoms with Crippen molar-refractivity contribution in [3.8, 4) is 0 Å². The number of rotatable bonds is 3. The molecule has 2 aromatic rings. The van der Waals surface area contributed by atoms with Gasteiger partial charge in [-0.3, -0.25) is 0 Å². The SMILES string of the molecule is NC(c1ccc(C2CCC2)cc1)c1ccc(Cl)cc1Cl. The third kappa shape index (κ3) is 2.71. The standard InChI is InChI=1S/C17H17Cl2N/c18-14-8-9-15(16(19)10-14)17(20)13-6-4-12(5-7-13)11-2-1-3-11/h4-11,17H,1-3,20H2. The van der Waals surface area contributed by atoms with Crippen LogP contribution in [-0.4, -0.2) is 0 Å². The Hall–Kier alpha value is -1.02. The number of benzene rings is 2. The van der Waals surface area contributed by atoms with E-state index in [4.69, 9.17) is 28.9 Å². The Morgan fingerprint density at radius 2 is 1.70 bits per heavy atom. The van der Waals surface area contributed by atoms with Crippen molar-refractivity contribution < 1.29 is 0 Å². The maximum Gasteiger partial charge on any atom is 0.0566 e. The molecule has 0 amide bonds. The first kappa shape index (κ1) is 13.9. The lowest BCUT2D eigenvalue weighted by Crippen LogP contribution is -2.13. The summed E-state index contributed by atoms with van der Waals surface area (Å²) in [6.07, 6.45) is 3.98. The molecular formula is C17H17Cl2N. The minimum atomic E-state index is -0.213. The van der Waals surface area contributed by atoms with E-state index in [0.717, 1.165) is 17.0 Å². The topological polar surface area (TPSA) is 26.0 Å². The van der Waals surface area contributed by atoms with Crippen molar-refractivity contribution in [1.82, 2.24) is 0 Å². The Morgan fingerprint density at radius 3 is 2.25 bits per heavy atom. The first-order chi connectivity index (χ1) is 9.65. The average molecular weight is 306 g/mol. The summed E-state index contributed by atoms with van der Waals surface area (Å²) in [5, 5.41) is 1.25. The van der Waals surface area contributed by atoms with Crippen LogP contribution in [0.1, 0.15) is 47.9 Å². The lowest BCUT2D eigenvalue weighted by atomic mass is 9.79. The molecule has 1 aliphatic rings. The highest BCUT2D eigenvalue weighted by Crippen LogP contribution is 2.37. The minimum absolute atomic E-state index is 0.213. The summed E-state index contributed by atoms with van der Waals surface area (Å²) in [6, 6.07) is 13.9. The summed E-state index contributed by atoms with van der Waals surface area (Å²) in [4.78, 5) is 0. The lowest BCUT2D eigenvalue weighted by Gasteiger charge is -2.26. The summed E-state index contributed by atoms with van der Waals surface area (Å²) >= 11 is 12.1. The van der Waals surface area contributed by atoms with Crippen LogP contribution in [0.3, 0.4) is 0 Å². The van der Waals surface area contributed by atoms with Crippen molar-refractivity contribution in [2.24, 2.45) is 5.73 Å². The molecule has 1 unspecified atom stereocenters. The van der Waals surface area contributed by atoms with Gasteiger partial charge in [-0.2, -0.15) is 0 Å². The molecule has 2 aromatic carbocycles. The molecule has 0 spiro atoms. The van der Waals surface area contributed by atoms with Gasteiger partial charge in [0, 0.05) is 10.0 Å². The van der Waals surface area contributed by atoms with Gasteiger partial charge in [-0.1, -0.05) is 60.0 Å². The third-order valence-corrected chi connectivity index (χ3v) is 4.73. The zero-order valence-corrected chi connectivity index (χ0v) is 12.7. The van der Waals surface area contributed by atoms with Crippen molar-refractivity contribution in [2.45, 2.75) is 31.2 Å². The summed E-state index contributed by atoms with van der Waals surface area (Å²) in [6.45, 7) is 0. The van der Waals surface area contributed by atoms with Gasteiger partial charge in [0.05, 0.1) is 6.04 Å². The van der Waals surface area contributed by atoms with Gasteiger partial charge in [-0.05, 0) is 47.6 Å². The first-order valence-corrected chi connectivity index (χ1v) is 7.71. The first-order valence-electron chi connectivity index (χ1n) is 6.95. The predicted molar refractivity (Wildman–Crippen MR) is 85.5 cm³/mol. The van der Waals surface area contributed by atoms with Crippen LogP contribution in [-0.2, 0) is 0 Å². The van der Waals surface area contributed by atoms with E-state index in [1.807, 2.05) is 12.1 Å². The fourth-order valence-corrected chi connectivity index (χ4v) is 3.18. The van der Waals surface area contributed by atoms with E-state index in [-0.39, 0.29) is 6.04 Å². The second-order valence-corrected chi connectivity index (χ2v) is 6.28. The molecule has 104 valence electrons. The summed E-state index contributed by atoms with van der Waals surface area (Å²) in [5.41, 5.74) is 9.73. The van der Waals surface area contributed by atoms with E-state index in [1.165, 1.54) is 24.8 Å². The van der Waals surface area contributed by atoms with E-state index in [1.54, 1.807) is 6.07 Å². The third-order valence-electron chi connectivity index (χ3n) is 4.17. The van der Waals surface area contributed by atoms with Gasteiger partial charge in [0.1, 0.15) is 0 Å². The van der Waals surface area contributed by atoms with Gasteiger partial charge in [0.25, 0.3) is 0 Å². The maximum absolute atomic E-state index is 6.31. The second-order valence-electron chi connectivity index (χ2n) is 5.44. The van der Waals surface area contributed by atoms with Gasteiger partial charge in [0.2, 0.25) is 0 Å². The van der Waals surface area contributed by atoms with Crippen LogP contribution in [0.2, 0.25) is 10.0 Å². The highest BCUT2D eigenvalue weighted by atomic mass is 35.5. The molecule has 1 saturated carbocycles. The molecular weight excluding hydrogens is 289 g/mol. The predicted octanol–water partition coefficient (Wildman–Crippen LogP) is 5.31. The summed E-state index contributed by atoms with van der Waals surface area (Å²) < 4.78 is 0. The van der Waals surface area contributed by atoms with Gasteiger partial charge in [-0.25, -0.2) is 0 Å². The molecule has 1 nitrogen and oxygen atoms in total. The average Bonchev–Trinajstić information content (AvgIpc) is 2.37. The summed E-state index contributed by atoms with van der Waals surface area (Å²) in [7, 11) is 0. The van der Waals surface area contributed by atoms with Crippen molar-refractivity contribution in [2.75, 3.05) is 0 Å². The number of hydrogen-bond donors (Lipinski definition) is 1. The van der Waals surface area contributed by atoms with Gasteiger partial charge < -0.3 is 5.73 Å². The minimum Gasteiger partial charge on any atom is -0.320 e. The van der Waals surface area contributed by atoms with E-state index in [9.17, 15) is 0 Å². The fourth-order valence-electron chi connectivity index (χ4n) is 2.65. The molecule has 20 heavy (non-hydrogen) atoms. The van der Waals surface area contributed by atoms with Gasteiger partial charge >= 0.3 is 0 Å². The van der Waals surface area contributed by atoms with Crippen LogP contribution in [0.15, 0.2) is 42.5 Å². The number of halogens is 2. The van der Waals surface area contributed by atoms with Crippen LogP contribution in [0.4, 0.5) is 0 Å². The van der Waals surface area contributed by atoms with E-state index in [0.29, 0.717) is 10.0 Å². The molecule has 0 heterocycles. The van der Waals surface area contributed by atoms with E-state index >= 15 is 0 Å². The van der Waals surface area contributed by atoms with Crippen LogP contribution in [0.5, 0.6) is 0 Å². The molecule has 0 aliphatic heterocycles. The fraction of sp³-hybridized carbons (Fsp3) is 0.294. The Kier molecular flexibility index (Phi) is 4.02. The smallest absolute Gasteiger partial charge is 0.0566 e. The molecule has 0 radical (unpaired) electrons. The Balaban J connectivity index is 1.84. The molecule has 3 rings (SSSR count). The zero-order chi connectivity index (χ0) is 14.1.